The van der Waals surface area contributed by atoms with Crippen molar-refractivity contribution in [3.8, 4) is 5.75 Å². The number of hydrogen-bond acceptors (Lipinski definition) is 8. The summed E-state index contributed by atoms with van der Waals surface area (Å²) in [5.41, 5.74) is 2.21. The molecule has 3 heterocycles. The van der Waals surface area contributed by atoms with Crippen LogP contribution in [0.1, 0.15) is 44.4 Å². The molecule has 1 atom stereocenters. The highest BCUT2D eigenvalue weighted by molar-refractivity contribution is 7.07. The SMILES string of the molecule is CCC1=C(C(=O)OC(C)C)C(c2ccc(Cl)cc2)n2c(s/c(=C\c3ccc(OCC(=O)N4CCN(C)CC4)cc3)c2=O)=N1. The molecule has 9 nitrogen and oxygen atoms in total. The summed E-state index contributed by atoms with van der Waals surface area (Å²) < 4.78 is 13.4. The zero-order valence-electron chi connectivity index (χ0n) is 24.7. The van der Waals surface area contributed by atoms with Gasteiger partial charge in [-0.1, -0.05) is 54.1 Å². The van der Waals surface area contributed by atoms with E-state index in [1.165, 1.54) is 11.3 Å². The van der Waals surface area contributed by atoms with Crippen LogP contribution < -0.4 is 19.6 Å². The lowest BCUT2D eigenvalue weighted by Crippen LogP contribution is -2.48. The van der Waals surface area contributed by atoms with Crippen LogP contribution in [0, 0.1) is 0 Å². The number of rotatable bonds is 8. The molecule has 0 aliphatic carbocycles. The Labute approximate surface area is 259 Å². The number of amides is 1. The van der Waals surface area contributed by atoms with Crippen LogP contribution in [0.5, 0.6) is 5.75 Å². The van der Waals surface area contributed by atoms with Crippen molar-refractivity contribution in [2.45, 2.75) is 39.3 Å². The second kappa shape index (κ2) is 13.3. The van der Waals surface area contributed by atoms with Crippen molar-refractivity contribution >= 4 is 40.9 Å². The average molecular weight is 623 g/mol. The number of benzene rings is 2. The number of likely N-dealkylation sites (N-methyl/N-ethyl adjacent to an activating group) is 1. The molecule has 2 aliphatic heterocycles. The number of esters is 1. The van der Waals surface area contributed by atoms with Crippen molar-refractivity contribution in [2.75, 3.05) is 39.8 Å². The molecule has 43 heavy (non-hydrogen) atoms. The highest BCUT2D eigenvalue weighted by Gasteiger charge is 2.34. The summed E-state index contributed by atoms with van der Waals surface area (Å²) in [6, 6.07) is 13.7. The lowest BCUT2D eigenvalue weighted by Gasteiger charge is -2.32. The maximum Gasteiger partial charge on any atom is 0.338 e. The Morgan fingerprint density at radius 1 is 1.07 bits per heavy atom. The minimum atomic E-state index is -0.703. The zero-order chi connectivity index (χ0) is 30.7. The topological polar surface area (TPSA) is 93.4 Å². The van der Waals surface area contributed by atoms with E-state index in [0.29, 0.717) is 50.9 Å². The number of piperazine rings is 1. The fourth-order valence-electron chi connectivity index (χ4n) is 5.10. The lowest BCUT2D eigenvalue weighted by molar-refractivity contribution is -0.143. The van der Waals surface area contributed by atoms with Crippen molar-refractivity contribution < 1.29 is 19.1 Å². The molecular formula is C32H35ClN4O5S. The van der Waals surface area contributed by atoms with E-state index in [1.54, 1.807) is 48.8 Å². The molecule has 226 valence electrons. The third-order valence-corrected chi connectivity index (χ3v) is 8.62. The Kier molecular flexibility index (Phi) is 9.49. The van der Waals surface area contributed by atoms with Crippen LogP contribution in [0.4, 0.5) is 0 Å². The molecule has 2 aromatic carbocycles. The Hall–Kier alpha value is -3.73. The van der Waals surface area contributed by atoms with Crippen LogP contribution in [-0.2, 0) is 14.3 Å². The van der Waals surface area contributed by atoms with Crippen LogP contribution in [0.3, 0.4) is 0 Å². The van der Waals surface area contributed by atoms with Crippen LogP contribution in [0.2, 0.25) is 5.02 Å². The summed E-state index contributed by atoms with van der Waals surface area (Å²) in [7, 11) is 2.05. The van der Waals surface area contributed by atoms with Crippen molar-refractivity contribution in [3.63, 3.8) is 0 Å². The van der Waals surface area contributed by atoms with E-state index in [9.17, 15) is 14.4 Å². The van der Waals surface area contributed by atoms with Gasteiger partial charge >= 0.3 is 5.97 Å². The number of halogens is 1. The fourth-order valence-corrected chi connectivity index (χ4v) is 6.24. The maximum atomic E-state index is 13.9. The van der Waals surface area contributed by atoms with Gasteiger partial charge in [0.25, 0.3) is 11.5 Å². The molecule has 1 amide bonds. The molecule has 1 fully saturated rings. The van der Waals surface area contributed by atoms with Crippen molar-refractivity contribution in [1.29, 1.82) is 0 Å². The summed E-state index contributed by atoms with van der Waals surface area (Å²) in [5, 5.41) is 0.554. The number of carbonyl (C=O) groups excluding carboxylic acids is 2. The summed E-state index contributed by atoms with van der Waals surface area (Å²) >= 11 is 7.43. The first-order valence-electron chi connectivity index (χ1n) is 14.3. The first-order valence-corrected chi connectivity index (χ1v) is 15.5. The van der Waals surface area contributed by atoms with E-state index in [0.717, 1.165) is 24.2 Å². The number of thiazole rings is 1. The number of fused-ring (bicyclic) bond motifs is 1. The monoisotopic (exact) mass is 622 g/mol. The maximum absolute atomic E-state index is 13.9. The van der Waals surface area contributed by atoms with Gasteiger partial charge in [-0.25, -0.2) is 9.79 Å². The molecule has 1 saturated heterocycles. The van der Waals surface area contributed by atoms with Gasteiger partial charge in [0, 0.05) is 31.2 Å². The summed E-state index contributed by atoms with van der Waals surface area (Å²) in [4.78, 5) is 49.0. The standard InChI is InChI=1S/C32H35ClN4O5S/c1-5-25-28(31(40)42-20(2)3)29(22-8-10-23(33)11-9-22)37-30(39)26(43-32(37)34-25)18-21-6-12-24(13-7-21)41-19-27(38)36-16-14-35(4)15-17-36/h6-13,18,20,29H,5,14-17,19H2,1-4H3/b26-18-. The Morgan fingerprint density at radius 2 is 1.74 bits per heavy atom. The van der Waals surface area contributed by atoms with Gasteiger partial charge < -0.3 is 19.3 Å². The molecular weight excluding hydrogens is 588 g/mol. The zero-order valence-corrected chi connectivity index (χ0v) is 26.3. The quantitative estimate of drug-likeness (QED) is 0.358. The minimum Gasteiger partial charge on any atom is -0.484 e. The van der Waals surface area contributed by atoms with Gasteiger partial charge in [0.15, 0.2) is 11.4 Å². The van der Waals surface area contributed by atoms with Gasteiger partial charge in [0.2, 0.25) is 0 Å². The van der Waals surface area contributed by atoms with E-state index in [-0.39, 0.29) is 24.2 Å². The first-order chi connectivity index (χ1) is 20.6. The van der Waals surface area contributed by atoms with Gasteiger partial charge in [-0.05, 0) is 68.8 Å². The third kappa shape index (κ3) is 6.92. The van der Waals surface area contributed by atoms with Gasteiger partial charge in [0.05, 0.1) is 27.9 Å². The number of allylic oxidation sites excluding steroid dienone is 1. The number of nitrogens with zero attached hydrogens (tertiary/aromatic N) is 4. The van der Waals surface area contributed by atoms with Crippen LogP contribution in [-0.4, -0.2) is 72.2 Å². The Bertz CT molecular complexity index is 1700. The predicted octanol–water partition coefficient (Wildman–Crippen LogP) is 3.38. The van der Waals surface area contributed by atoms with Crippen LogP contribution in [0.15, 0.2) is 69.6 Å². The molecule has 0 saturated carbocycles. The molecule has 0 spiro atoms. The van der Waals surface area contributed by atoms with E-state index < -0.39 is 12.0 Å². The van der Waals surface area contributed by atoms with E-state index in [4.69, 9.17) is 26.1 Å². The van der Waals surface area contributed by atoms with Crippen molar-refractivity contribution in [2.24, 2.45) is 4.99 Å². The lowest BCUT2D eigenvalue weighted by atomic mass is 9.95. The van der Waals surface area contributed by atoms with E-state index in [1.807, 2.05) is 43.1 Å². The third-order valence-electron chi connectivity index (χ3n) is 7.39. The highest BCUT2D eigenvalue weighted by Crippen LogP contribution is 2.32. The number of carbonyl (C=O) groups is 2. The van der Waals surface area contributed by atoms with Crippen LogP contribution in [0.25, 0.3) is 6.08 Å². The average Bonchev–Trinajstić information content (AvgIpc) is 3.30. The van der Waals surface area contributed by atoms with E-state index in [2.05, 4.69) is 4.90 Å². The summed E-state index contributed by atoms with van der Waals surface area (Å²) in [5.74, 6) is 0.0489. The van der Waals surface area contributed by atoms with Gasteiger partial charge in [-0.15, -0.1) is 0 Å². The molecule has 2 aliphatic rings. The molecule has 1 aromatic heterocycles. The Balaban J connectivity index is 1.44. The number of aromatic nitrogens is 1. The molecule has 0 radical (unpaired) electrons. The second-order valence-corrected chi connectivity index (χ2v) is 12.3. The largest absolute Gasteiger partial charge is 0.484 e. The highest BCUT2D eigenvalue weighted by atomic mass is 35.5. The Morgan fingerprint density at radius 3 is 2.37 bits per heavy atom. The number of ether oxygens (including phenoxy) is 2. The van der Waals surface area contributed by atoms with E-state index >= 15 is 0 Å². The molecule has 0 N–H and O–H groups in total. The normalized spacial score (nSPS) is 17.6. The second-order valence-electron chi connectivity index (χ2n) is 10.8. The van der Waals surface area contributed by atoms with Gasteiger partial charge in [0.1, 0.15) is 5.75 Å². The summed E-state index contributed by atoms with van der Waals surface area (Å²) in [6.07, 6.45) is 1.96. The fraction of sp³-hybridized carbons (Fsp3) is 0.375. The van der Waals surface area contributed by atoms with Crippen molar-refractivity contribution in [1.82, 2.24) is 14.4 Å². The van der Waals surface area contributed by atoms with Crippen LogP contribution >= 0.6 is 22.9 Å². The molecule has 5 rings (SSSR count). The predicted molar refractivity (Wildman–Crippen MR) is 167 cm³/mol. The molecule has 0 bridgehead atoms. The van der Waals surface area contributed by atoms with Gasteiger partial charge in [-0.3, -0.25) is 14.2 Å². The van der Waals surface area contributed by atoms with Gasteiger partial charge in [-0.2, -0.15) is 0 Å². The smallest absolute Gasteiger partial charge is 0.338 e. The van der Waals surface area contributed by atoms with Crippen molar-refractivity contribution in [3.05, 3.63) is 95.6 Å². The molecule has 11 heteroatoms. The molecule has 1 unspecified atom stereocenters. The molecule has 3 aromatic rings. The summed E-state index contributed by atoms with van der Waals surface area (Å²) in [6.45, 7) is 8.60. The minimum absolute atomic E-state index is 0.0201. The number of hydrogen-bond donors (Lipinski definition) is 0. The first kappa shape index (κ1) is 30.7.